The van der Waals surface area contributed by atoms with E-state index in [1.54, 1.807) is 0 Å². The molecule has 1 aliphatic rings. The number of hydrogen-bond acceptors (Lipinski definition) is 2. The van der Waals surface area contributed by atoms with Crippen molar-refractivity contribution in [3.8, 4) is 6.07 Å². The van der Waals surface area contributed by atoms with Crippen molar-refractivity contribution in [2.24, 2.45) is 0 Å². The number of nitrogens with one attached hydrogen (secondary N) is 2. The third kappa shape index (κ3) is 3.43. The lowest BCUT2D eigenvalue weighted by Gasteiger charge is -2.26. The summed E-state index contributed by atoms with van der Waals surface area (Å²) in [5.41, 5.74) is -0.894. The first-order chi connectivity index (χ1) is 6.87. The van der Waals surface area contributed by atoms with E-state index in [-0.39, 0.29) is 11.6 Å². The molecule has 0 aromatic heterocycles. The zero-order chi connectivity index (χ0) is 11.5. The zero-order valence-corrected chi connectivity index (χ0v) is 9.68. The maximum absolute atomic E-state index is 11.6. The van der Waals surface area contributed by atoms with E-state index < -0.39 is 5.54 Å². The highest BCUT2D eigenvalue weighted by molar-refractivity contribution is 5.76. The number of urea groups is 1. The van der Waals surface area contributed by atoms with Crippen LogP contribution in [-0.2, 0) is 0 Å². The number of rotatable bonds is 1. The molecule has 0 heterocycles. The first-order valence-electron chi connectivity index (χ1n) is 5.38. The summed E-state index contributed by atoms with van der Waals surface area (Å²) >= 11 is 0. The van der Waals surface area contributed by atoms with Gasteiger partial charge in [0.15, 0.2) is 0 Å². The van der Waals surface area contributed by atoms with Crippen LogP contribution >= 0.6 is 0 Å². The lowest BCUT2D eigenvalue weighted by Crippen LogP contribution is -2.54. The van der Waals surface area contributed by atoms with Crippen molar-refractivity contribution in [3.05, 3.63) is 0 Å². The summed E-state index contributed by atoms with van der Waals surface area (Å²) in [6.45, 7) is 5.75. The molecule has 2 N–H and O–H groups in total. The number of carbonyl (C=O) groups is 1. The Morgan fingerprint density at radius 3 is 2.27 bits per heavy atom. The second kappa shape index (κ2) is 4.09. The quantitative estimate of drug-likeness (QED) is 0.693. The van der Waals surface area contributed by atoms with Crippen LogP contribution in [-0.4, -0.2) is 17.1 Å². The molecule has 1 fully saturated rings. The van der Waals surface area contributed by atoms with Crippen LogP contribution in [0, 0.1) is 11.3 Å². The van der Waals surface area contributed by atoms with Crippen molar-refractivity contribution >= 4 is 6.03 Å². The average Bonchev–Trinajstić information content (AvgIpc) is 2.50. The number of amides is 2. The van der Waals surface area contributed by atoms with Gasteiger partial charge in [0.1, 0.15) is 5.54 Å². The summed E-state index contributed by atoms with van der Waals surface area (Å²) in [5.74, 6) is 0. The summed E-state index contributed by atoms with van der Waals surface area (Å²) in [6, 6.07) is 1.98. The van der Waals surface area contributed by atoms with E-state index in [2.05, 4.69) is 16.7 Å². The molecule has 0 radical (unpaired) electrons. The Morgan fingerprint density at radius 1 is 1.33 bits per heavy atom. The Bertz CT molecular complexity index is 279. The van der Waals surface area contributed by atoms with Crippen LogP contribution in [0.5, 0.6) is 0 Å². The molecule has 0 unspecified atom stereocenters. The Balaban J connectivity index is 2.54. The molecular weight excluding hydrogens is 190 g/mol. The molecule has 0 aromatic rings. The van der Waals surface area contributed by atoms with Crippen LogP contribution in [0.15, 0.2) is 0 Å². The summed E-state index contributed by atoms with van der Waals surface area (Å²) in [4.78, 5) is 11.6. The second-order valence-electron chi connectivity index (χ2n) is 5.23. The van der Waals surface area contributed by atoms with Crippen LogP contribution in [0.25, 0.3) is 0 Å². The van der Waals surface area contributed by atoms with E-state index >= 15 is 0 Å². The number of hydrogen-bond donors (Lipinski definition) is 2. The molecule has 1 rings (SSSR count). The van der Waals surface area contributed by atoms with Crippen LogP contribution in [0.4, 0.5) is 4.79 Å². The molecule has 0 aromatic carbocycles. The highest BCUT2D eigenvalue weighted by Gasteiger charge is 2.35. The van der Waals surface area contributed by atoms with Crippen LogP contribution in [0.1, 0.15) is 46.5 Å². The number of carbonyl (C=O) groups excluding carboxylic acids is 1. The zero-order valence-electron chi connectivity index (χ0n) is 9.68. The fourth-order valence-electron chi connectivity index (χ4n) is 1.83. The highest BCUT2D eigenvalue weighted by atomic mass is 16.2. The summed E-state index contributed by atoms with van der Waals surface area (Å²) in [7, 11) is 0. The third-order valence-corrected chi connectivity index (χ3v) is 2.51. The van der Waals surface area contributed by atoms with Gasteiger partial charge in [0.05, 0.1) is 6.07 Å². The van der Waals surface area contributed by atoms with Gasteiger partial charge in [-0.15, -0.1) is 0 Å². The molecule has 1 aliphatic carbocycles. The first-order valence-corrected chi connectivity index (χ1v) is 5.38. The van der Waals surface area contributed by atoms with Crippen LogP contribution < -0.4 is 10.6 Å². The molecule has 0 bridgehead atoms. The van der Waals surface area contributed by atoms with E-state index in [9.17, 15) is 4.79 Å². The molecule has 0 saturated heterocycles. The fourth-order valence-corrected chi connectivity index (χ4v) is 1.83. The minimum atomic E-state index is -0.630. The van der Waals surface area contributed by atoms with Gasteiger partial charge in [-0.1, -0.05) is 0 Å². The van der Waals surface area contributed by atoms with Gasteiger partial charge in [0.25, 0.3) is 0 Å². The van der Waals surface area contributed by atoms with Gasteiger partial charge in [-0.3, -0.25) is 0 Å². The van der Waals surface area contributed by atoms with Crippen LogP contribution in [0.3, 0.4) is 0 Å². The first kappa shape index (κ1) is 11.8. The lowest BCUT2D eigenvalue weighted by molar-refractivity contribution is 0.223. The molecule has 15 heavy (non-hydrogen) atoms. The highest BCUT2D eigenvalue weighted by Crippen LogP contribution is 2.28. The van der Waals surface area contributed by atoms with Crippen molar-refractivity contribution in [2.45, 2.75) is 57.5 Å². The van der Waals surface area contributed by atoms with Gasteiger partial charge in [0.2, 0.25) is 0 Å². The lowest BCUT2D eigenvalue weighted by atomic mass is 10.0. The molecular formula is C11H19N3O. The van der Waals surface area contributed by atoms with Crippen molar-refractivity contribution in [1.29, 1.82) is 5.26 Å². The van der Waals surface area contributed by atoms with Gasteiger partial charge >= 0.3 is 6.03 Å². The van der Waals surface area contributed by atoms with Gasteiger partial charge in [-0.05, 0) is 46.5 Å². The number of nitrogens with zero attached hydrogens (tertiary/aromatic N) is 1. The minimum Gasteiger partial charge on any atom is -0.334 e. The van der Waals surface area contributed by atoms with E-state index in [1.807, 2.05) is 20.8 Å². The predicted octanol–water partition coefficient (Wildman–Crippen LogP) is 1.92. The Kier molecular flexibility index (Phi) is 3.23. The normalized spacial score (nSPS) is 19.3. The van der Waals surface area contributed by atoms with Crippen LogP contribution in [0.2, 0.25) is 0 Å². The molecule has 1 saturated carbocycles. The van der Waals surface area contributed by atoms with Gasteiger partial charge in [0, 0.05) is 5.54 Å². The summed E-state index contributed by atoms with van der Waals surface area (Å²) < 4.78 is 0. The molecule has 0 atom stereocenters. The third-order valence-electron chi connectivity index (χ3n) is 2.51. The molecule has 4 nitrogen and oxygen atoms in total. The van der Waals surface area contributed by atoms with E-state index in [4.69, 9.17) is 5.26 Å². The monoisotopic (exact) mass is 209 g/mol. The smallest absolute Gasteiger partial charge is 0.316 e. The van der Waals surface area contributed by atoms with Crippen molar-refractivity contribution < 1.29 is 4.79 Å². The molecule has 2 amide bonds. The maximum atomic E-state index is 11.6. The largest absolute Gasteiger partial charge is 0.334 e. The Labute approximate surface area is 91.0 Å². The predicted molar refractivity (Wildman–Crippen MR) is 58.2 cm³/mol. The maximum Gasteiger partial charge on any atom is 0.316 e. The van der Waals surface area contributed by atoms with Gasteiger partial charge < -0.3 is 10.6 Å². The SMILES string of the molecule is CC(C)(C)NC(=O)NC1(C#N)CCCC1. The second-order valence-corrected chi connectivity index (χ2v) is 5.23. The Morgan fingerprint density at radius 2 is 1.87 bits per heavy atom. The van der Waals surface area contributed by atoms with E-state index in [0.717, 1.165) is 25.7 Å². The van der Waals surface area contributed by atoms with Crippen molar-refractivity contribution in [3.63, 3.8) is 0 Å². The molecule has 4 heteroatoms. The molecule has 0 aliphatic heterocycles. The van der Waals surface area contributed by atoms with Crippen molar-refractivity contribution in [1.82, 2.24) is 10.6 Å². The number of nitriles is 1. The average molecular weight is 209 g/mol. The minimum absolute atomic E-state index is 0.244. The van der Waals surface area contributed by atoms with Gasteiger partial charge in [-0.2, -0.15) is 5.26 Å². The van der Waals surface area contributed by atoms with Gasteiger partial charge in [-0.25, -0.2) is 4.79 Å². The van der Waals surface area contributed by atoms with Crippen molar-refractivity contribution in [2.75, 3.05) is 0 Å². The standard InChI is InChI=1S/C11H19N3O/c1-10(2,3)13-9(15)14-11(8-12)6-4-5-7-11/h4-7H2,1-3H3,(H2,13,14,15). The molecule has 84 valence electrons. The summed E-state index contributed by atoms with van der Waals surface area (Å²) in [6.07, 6.45) is 3.56. The molecule has 0 spiro atoms. The fraction of sp³-hybridized carbons (Fsp3) is 0.818. The Hall–Kier alpha value is -1.24. The van der Waals surface area contributed by atoms with E-state index in [0.29, 0.717) is 0 Å². The topological polar surface area (TPSA) is 64.9 Å². The van der Waals surface area contributed by atoms with E-state index in [1.165, 1.54) is 0 Å². The summed E-state index contributed by atoms with van der Waals surface area (Å²) in [5, 5.41) is 14.7.